The van der Waals surface area contributed by atoms with E-state index in [0.29, 0.717) is 16.7 Å². The molecule has 2 rings (SSSR count). The van der Waals surface area contributed by atoms with Gasteiger partial charge in [0, 0.05) is 16.7 Å². The van der Waals surface area contributed by atoms with Crippen LogP contribution < -0.4 is 0 Å². The van der Waals surface area contributed by atoms with Crippen LogP contribution in [-0.4, -0.2) is 18.4 Å². The number of hydrogen-bond acceptors (Lipinski definition) is 3. The third kappa shape index (κ3) is 3.86. The van der Waals surface area contributed by atoms with Crippen LogP contribution in [0.4, 0.5) is 8.78 Å². The fourth-order valence-corrected chi connectivity index (χ4v) is 1.71. The number of hydrogen-bond donors (Lipinski definition) is 0. The van der Waals surface area contributed by atoms with Gasteiger partial charge in [-0.05, 0) is 36.4 Å². The molecule has 108 valence electrons. The summed E-state index contributed by atoms with van der Waals surface area (Å²) in [7, 11) is 0. The molecular formula is C15H9ClF2O3. The Morgan fingerprint density at radius 2 is 1.71 bits per heavy atom. The van der Waals surface area contributed by atoms with E-state index in [1.54, 1.807) is 0 Å². The average Bonchev–Trinajstić information content (AvgIpc) is 2.45. The average molecular weight is 311 g/mol. The van der Waals surface area contributed by atoms with Crippen molar-refractivity contribution < 1.29 is 23.1 Å². The summed E-state index contributed by atoms with van der Waals surface area (Å²) in [6.07, 6.45) is 0. The quantitative estimate of drug-likeness (QED) is 0.639. The van der Waals surface area contributed by atoms with Crippen LogP contribution in [0.25, 0.3) is 0 Å². The van der Waals surface area contributed by atoms with E-state index in [1.165, 1.54) is 24.3 Å². The topological polar surface area (TPSA) is 43.4 Å². The largest absolute Gasteiger partial charge is 0.454 e. The predicted molar refractivity (Wildman–Crippen MR) is 72.4 cm³/mol. The van der Waals surface area contributed by atoms with E-state index in [4.69, 9.17) is 16.3 Å². The van der Waals surface area contributed by atoms with E-state index in [1.807, 2.05) is 0 Å². The van der Waals surface area contributed by atoms with Gasteiger partial charge in [0.05, 0.1) is 5.56 Å². The lowest BCUT2D eigenvalue weighted by Crippen LogP contribution is -2.15. The molecule has 0 radical (unpaired) electrons. The van der Waals surface area contributed by atoms with Crippen LogP contribution in [0.5, 0.6) is 0 Å². The minimum Gasteiger partial charge on any atom is -0.454 e. The summed E-state index contributed by atoms with van der Waals surface area (Å²) in [6, 6.07) is 8.47. The maximum Gasteiger partial charge on any atom is 0.341 e. The van der Waals surface area contributed by atoms with Gasteiger partial charge in [-0.15, -0.1) is 0 Å². The van der Waals surface area contributed by atoms with E-state index in [2.05, 4.69) is 0 Å². The highest BCUT2D eigenvalue weighted by atomic mass is 35.5. The first-order valence-electron chi connectivity index (χ1n) is 5.88. The Morgan fingerprint density at radius 1 is 1.05 bits per heavy atom. The van der Waals surface area contributed by atoms with Crippen molar-refractivity contribution in [2.45, 2.75) is 0 Å². The Kier molecular flexibility index (Phi) is 4.65. The minimum absolute atomic E-state index is 0.312. The Balaban J connectivity index is 2.00. The van der Waals surface area contributed by atoms with Crippen molar-refractivity contribution in [3.8, 4) is 0 Å². The zero-order valence-electron chi connectivity index (χ0n) is 10.6. The first-order chi connectivity index (χ1) is 9.97. The third-order valence-corrected chi connectivity index (χ3v) is 2.90. The van der Waals surface area contributed by atoms with Crippen molar-refractivity contribution in [3.05, 3.63) is 70.2 Å². The zero-order valence-corrected chi connectivity index (χ0v) is 11.4. The van der Waals surface area contributed by atoms with Gasteiger partial charge in [-0.25, -0.2) is 13.6 Å². The molecule has 0 aromatic heterocycles. The van der Waals surface area contributed by atoms with Gasteiger partial charge in [0.25, 0.3) is 0 Å². The third-order valence-electron chi connectivity index (χ3n) is 2.65. The van der Waals surface area contributed by atoms with Crippen LogP contribution in [0.3, 0.4) is 0 Å². The Hall–Kier alpha value is -2.27. The molecule has 0 amide bonds. The van der Waals surface area contributed by atoms with Crippen LogP contribution in [0.2, 0.25) is 5.02 Å². The molecule has 0 aliphatic heterocycles. The monoisotopic (exact) mass is 310 g/mol. The summed E-state index contributed by atoms with van der Waals surface area (Å²) in [5, 5.41) is 0.469. The normalized spacial score (nSPS) is 10.2. The molecular weight excluding hydrogens is 302 g/mol. The molecule has 2 aromatic rings. The van der Waals surface area contributed by atoms with Crippen LogP contribution in [0.15, 0.2) is 42.5 Å². The van der Waals surface area contributed by atoms with E-state index in [9.17, 15) is 18.4 Å². The second kappa shape index (κ2) is 6.45. The summed E-state index contributed by atoms with van der Waals surface area (Å²) >= 11 is 5.69. The first kappa shape index (κ1) is 15.1. The van der Waals surface area contributed by atoms with Crippen molar-refractivity contribution in [1.82, 2.24) is 0 Å². The molecule has 0 spiro atoms. The second-order valence-corrected chi connectivity index (χ2v) is 4.57. The lowest BCUT2D eigenvalue weighted by molar-refractivity contribution is 0.0470. The van der Waals surface area contributed by atoms with E-state index in [-0.39, 0.29) is 0 Å². The van der Waals surface area contributed by atoms with Gasteiger partial charge in [-0.1, -0.05) is 11.6 Å². The smallest absolute Gasteiger partial charge is 0.341 e. The molecule has 0 saturated carbocycles. The molecule has 6 heteroatoms. The minimum atomic E-state index is -1.04. The Morgan fingerprint density at radius 3 is 2.33 bits per heavy atom. The van der Waals surface area contributed by atoms with E-state index in [0.717, 1.165) is 12.1 Å². The van der Waals surface area contributed by atoms with Gasteiger partial charge in [0.2, 0.25) is 0 Å². The maximum atomic E-state index is 13.4. The highest BCUT2D eigenvalue weighted by Crippen LogP contribution is 2.12. The summed E-state index contributed by atoms with van der Waals surface area (Å²) in [5.41, 5.74) is -0.118. The molecule has 0 aliphatic rings. The Labute approximate surface area is 124 Å². The highest BCUT2D eigenvalue weighted by molar-refractivity contribution is 6.30. The molecule has 0 aliphatic carbocycles. The van der Waals surface area contributed by atoms with Crippen molar-refractivity contribution >= 4 is 23.4 Å². The number of rotatable bonds is 4. The van der Waals surface area contributed by atoms with Gasteiger partial charge in [-0.2, -0.15) is 0 Å². The molecule has 0 fully saturated rings. The van der Waals surface area contributed by atoms with Gasteiger partial charge in [0.15, 0.2) is 12.4 Å². The number of esters is 1. The SMILES string of the molecule is O=C(COC(=O)c1ccc(F)cc1F)c1ccc(Cl)cc1. The van der Waals surface area contributed by atoms with Crippen LogP contribution in [0.1, 0.15) is 20.7 Å². The number of Topliss-reactive ketones (excluding diaryl/α,β-unsaturated/α-hetero) is 1. The summed E-state index contributed by atoms with van der Waals surface area (Å²) in [6.45, 7) is -0.544. The van der Waals surface area contributed by atoms with Crippen LogP contribution in [0, 0.1) is 11.6 Å². The number of ketones is 1. The van der Waals surface area contributed by atoms with E-state index >= 15 is 0 Å². The lowest BCUT2D eigenvalue weighted by atomic mass is 10.1. The van der Waals surface area contributed by atoms with Gasteiger partial charge in [0.1, 0.15) is 11.6 Å². The zero-order chi connectivity index (χ0) is 15.4. The number of halogens is 3. The molecule has 0 bridgehead atoms. The fraction of sp³-hybridized carbons (Fsp3) is 0.0667. The molecule has 0 heterocycles. The molecule has 0 N–H and O–H groups in total. The van der Waals surface area contributed by atoms with Crippen molar-refractivity contribution in [2.24, 2.45) is 0 Å². The molecule has 0 atom stereocenters. The lowest BCUT2D eigenvalue weighted by Gasteiger charge is -2.05. The van der Waals surface area contributed by atoms with Crippen LogP contribution >= 0.6 is 11.6 Å². The van der Waals surface area contributed by atoms with Crippen molar-refractivity contribution in [1.29, 1.82) is 0 Å². The molecule has 3 nitrogen and oxygen atoms in total. The molecule has 0 unspecified atom stereocenters. The predicted octanol–water partition coefficient (Wildman–Crippen LogP) is 3.66. The fourth-order valence-electron chi connectivity index (χ4n) is 1.58. The van der Waals surface area contributed by atoms with Crippen LogP contribution in [-0.2, 0) is 4.74 Å². The second-order valence-electron chi connectivity index (χ2n) is 4.13. The number of benzene rings is 2. The molecule has 0 saturated heterocycles. The summed E-state index contributed by atoms with van der Waals surface area (Å²) < 4.78 is 30.8. The molecule has 2 aromatic carbocycles. The maximum absolute atomic E-state index is 13.4. The van der Waals surface area contributed by atoms with E-state index < -0.39 is 35.6 Å². The molecule has 21 heavy (non-hydrogen) atoms. The van der Waals surface area contributed by atoms with Gasteiger partial charge < -0.3 is 4.74 Å². The highest BCUT2D eigenvalue weighted by Gasteiger charge is 2.16. The number of carbonyl (C=O) groups excluding carboxylic acids is 2. The first-order valence-corrected chi connectivity index (χ1v) is 6.26. The summed E-state index contributed by atoms with van der Waals surface area (Å²) in [5.74, 6) is -3.34. The number of ether oxygens (including phenoxy) is 1. The number of carbonyl (C=O) groups is 2. The standard InChI is InChI=1S/C15H9ClF2O3/c16-10-3-1-9(2-4-10)14(19)8-21-15(20)12-6-5-11(17)7-13(12)18/h1-7H,8H2. The van der Waals surface area contributed by atoms with Crippen molar-refractivity contribution in [2.75, 3.05) is 6.61 Å². The van der Waals surface area contributed by atoms with Gasteiger partial charge >= 0.3 is 5.97 Å². The Bertz CT molecular complexity index is 684. The van der Waals surface area contributed by atoms with Crippen molar-refractivity contribution in [3.63, 3.8) is 0 Å². The van der Waals surface area contributed by atoms with Gasteiger partial charge in [-0.3, -0.25) is 4.79 Å². The summed E-state index contributed by atoms with van der Waals surface area (Å²) in [4.78, 5) is 23.4.